The molecule has 1 heterocycles. The van der Waals surface area contributed by atoms with Crippen molar-refractivity contribution < 1.29 is 9.47 Å². The van der Waals surface area contributed by atoms with Gasteiger partial charge in [0.25, 0.3) is 0 Å². The Labute approximate surface area is 109 Å². The zero-order valence-corrected chi connectivity index (χ0v) is 11.3. The summed E-state index contributed by atoms with van der Waals surface area (Å²) < 4.78 is 11.0. The first kappa shape index (κ1) is 13.4. The van der Waals surface area contributed by atoms with Crippen molar-refractivity contribution in [2.45, 2.75) is 31.8 Å². The summed E-state index contributed by atoms with van der Waals surface area (Å²) in [5, 5.41) is 3.51. The summed E-state index contributed by atoms with van der Waals surface area (Å²) in [6.07, 6.45) is 2.43. The van der Waals surface area contributed by atoms with E-state index in [2.05, 4.69) is 30.4 Å². The van der Waals surface area contributed by atoms with Gasteiger partial charge in [0.05, 0.1) is 0 Å². The van der Waals surface area contributed by atoms with Gasteiger partial charge in [0.15, 0.2) is 0 Å². The van der Waals surface area contributed by atoms with Gasteiger partial charge in [-0.05, 0) is 25.5 Å². The fourth-order valence-electron chi connectivity index (χ4n) is 2.55. The minimum atomic E-state index is 0.317. The minimum Gasteiger partial charge on any atom is -0.489 e. The zero-order chi connectivity index (χ0) is 12.8. The normalized spacial score (nSPS) is 21.7. The molecule has 0 aliphatic carbocycles. The van der Waals surface area contributed by atoms with Gasteiger partial charge in [0.2, 0.25) is 0 Å². The summed E-state index contributed by atoms with van der Waals surface area (Å²) in [6.45, 7) is 5.00. The van der Waals surface area contributed by atoms with Crippen LogP contribution in [0.2, 0.25) is 0 Å². The summed E-state index contributed by atoms with van der Waals surface area (Å²) in [5.74, 6) is 1.54. The molecule has 0 saturated heterocycles. The third kappa shape index (κ3) is 3.03. The summed E-state index contributed by atoms with van der Waals surface area (Å²) in [4.78, 5) is 0. The molecule has 0 amide bonds. The zero-order valence-electron chi connectivity index (χ0n) is 11.3. The molecule has 2 rings (SSSR count). The average Bonchev–Trinajstić information content (AvgIpc) is 2.77. The maximum Gasteiger partial charge on any atom is 0.123 e. The quantitative estimate of drug-likeness (QED) is 0.753. The Bertz CT molecular complexity index is 367. The molecule has 0 bridgehead atoms. The van der Waals surface area contributed by atoms with Gasteiger partial charge in [0.1, 0.15) is 11.9 Å². The van der Waals surface area contributed by atoms with E-state index >= 15 is 0 Å². The van der Waals surface area contributed by atoms with Crippen LogP contribution in [-0.2, 0) is 4.74 Å². The van der Waals surface area contributed by atoms with E-state index in [1.165, 1.54) is 5.56 Å². The first-order valence-corrected chi connectivity index (χ1v) is 6.82. The maximum atomic E-state index is 5.98. The van der Waals surface area contributed by atoms with Gasteiger partial charge < -0.3 is 14.8 Å². The number of benzene rings is 1. The van der Waals surface area contributed by atoms with Crippen LogP contribution in [0.1, 0.15) is 31.2 Å². The molecule has 1 aromatic carbocycles. The van der Waals surface area contributed by atoms with Crippen molar-refractivity contribution in [1.82, 2.24) is 5.32 Å². The number of ether oxygens (including phenoxy) is 2. The number of hydrogen-bond acceptors (Lipinski definition) is 3. The summed E-state index contributed by atoms with van der Waals surface area (Å²) in [7, 11) is 1.74. The van der Waals surface area contributed by atoms with Crippen molar-refractivity contribution in [1.29, 1.82) is 0 Å². The standard InChI is InChI=1S/C15H23NO2/c1-3-14-13(11-16-9-6-10-17-2)12-7-4-5-8-15(12)18-14/h4-5,7-8,13-14,16H,3,6,9-11H2,1-2H3. The molecule has 0 saturated carbocycles. The molecule has 0 radical (unpaired) electrons. The van der Waals surface area contributed by atoms with Gasteiger partial charge in [-0.3, -0.25) is 0 Å². The van der Waals surface area contributed by atoms with Crippen LogP contribution in [0.5, 0.6) is 5.75 Å². The molecular weight excluding hydrogens is 226 g/mol. The Hall–Kier alpha value is -1.06. The van der Waals surface area contributed by atoms with Crippen molar-refractivity contribution in [3.05, 3.63) is 29.8 Å². The number of rotatable bonds is 7. The number of methoxy groups -OCH3 is 1. The largest absolute Gasteiger partial charge is 0.489 e. The molecule has 2 atom stereocenters. The highest BCUT2D eigenvalue weighted by molar-refractivity contribution is 5.41. The Morgan fingerprint density at radius 2 is 2.17 bits per heavy atom. The van der Waals surface area contributed by atoms with Gasteiger partial charge in [-0.1, -0.05) is 25.1 Å². The van der Waals surface area contributed by atoms with Gasteiger partial charge in [-0.2, -0.15) is 0 Å². The Morgan fingerprint density at radius 1 is 1.33 bits per heavy atom. The lowest BCUT2D eigenvalue weighted by atomic mass is 9.94. The van der Waals surface area contributed by atoms with E-state index in [-0.39, 0.29) is 0 Å². The molecule has 0 fully saturated rings. The van der Waals surface area contributed by atoms with E-state index in [1.807, 2.05) is 6.07 Å². The predicted octanol–water partition coefficient (Wildman–Crippen LogP) is 2.57. The highest BCUT2D eigenvalue weighted by Crippen LogP contribution is 2.38. The molecule has 0 aromatic heterocycles. The molecule has 0 spiro atoms. The van der Waals surface area contributed by atoms with Crippen molar-refractivity contribution in [3.63, 3.8) is 0 Å². The summed E-state index contributed by atoms with van der Waals surface area (Å²) in [6, 6.07) is 8.40. The lowest BCUT2D eigenvalue weighted by Gasteiger charge is -2.18. The van der Waals surface area contributed by atoms with E-state index in [4.69, 9.17) is 9.47 Å². The monoisotopic (exact) mass is 249 g/mol. The third-order valence-corrected chi connectivity index (χ3v) is 3.51. The lowest BCUT2D eigenvalue weighted by Crippen LogP contribution is -2.29. The minimum absolute atomic E-state index is 0.317. The highest BCUT2D eigenvalue weighted by Gasteiger charge is 2.32. The summed E-state index contributed by atoms with van der Waals surface area (Å²) in [5.41, 5.74) is 1.35. The van der Waals surface area contributed by atoms with Crippen molar-refractivity contribution in [2.75, 3.05) is 26.8 Å². The van der Waals surface area contributed by atoms with Gasteiger partial charge in [-0.25, -0.2) is 0 Å². The van der Waals surface area contributed by atoms with Gasteiger partial charge in [0, 0.05) is 31.7 Å². The fraction of sp³-hybridized carbons (Fsp3) is 0.600. The molecule has 1 aromatic rings. The van der Waals surface area contributed by atoms with E-state index in [0.717, 1.165) is 38.3 Å². The van der Waals surface area contributed by atoms with Crippen molar-refractivity contribution in [2.24, 2.45) is 0 Å². The van der Waals surface area contributed by atoms with Gasteiger partial charge in [-0.15, -0.1) is 0 Å². The predicted molar refractivity (Wildman–Crippen MR) is 73.3 cm³/mol. The van der Waals surface area contributed by atoms with Crippen molar-refractivity contribution in [3.8, 4) is 5.75 Å². The Morgan fingerprint density at radius 3 is 2.94 bits per heavy atom. The second-order valence-corrected chi connectivity index (χ2v) is 4.76. The molecule has 1 aliphatic heterocycles. The van der Waals surface area contributed by atoms with Gasteiger partial charge >= 0.3 is 0 Å². The highest BCUT2D eigenvalue weighted by atomic mass is 16.5. The molecule has 100 valence electrons. The second-order valence-electron chi connectivity index (χ2n) is 4.76. The van der Waals surface area contributed by atoms with Crippen LogP contribution < -0.4 is 10.1 Å². The Kier molecular flexibility index (Phi) is 5.02. The van der Waals surface area contributed by atoms with Crippen LogP contribution in [0.15, 0.2) is 24.3 Å². The first-order chi connectivity index (χ1) is 8.86. The van der Waals surface area contributed by atoms with Crippen LogP contribution in [0, 0.1) is 0 Å². The molecule has 1 aliphatic rings. The Balaban J connectivity index is 1.89. The van der Waals surface area contributed by atoms with E-state index < -0.39 is 0 Å². The third-order valence-electron chi connectivity index (χ3n) is 3.51. The number of para-hydroxylation sites is 1. The van der Waals surface area contributed by atoms with Crippen LogP contribution in [-0.4, -0.2) is 32.9 Å². The van der Waals surface area contributed by atoms with Crippen molar-refractivity contribution >= 4 is 0 Å². The van der Waals surface area contributed by atoms with E-state index in [9.17, 15) is 0 Å². The van der Waals surface area contributed by atoms with Crippen LogP contribution in [0.3, 0.4) is 0 Å². The smallest absolute Gasteiger partial charge is 0.123 e. The van der Waals surface area contributed by atoms with Crippen LogP contribution in [0.25, 0.3) is 0 Å². The first-order valence-electron chi connectivity index (χ1n) is 6.82. The molecule has 2 unspecified atom stereocenters. The molecule has 18 heavy (non-hydrogen) atoms. The van der Waals surface area contributed by atoms with Crippen LogP contribution in [0.4, 0.5) is 0 Å². The summed E-state index contributed by atoms with van der Waals surface area (Å²) >= 11 is 0. The maximum absolute atomic E-state index is 5.98. The number of nitrogens with one attached hydrogen (secondary N) is 1. The lowest BCUT2D eigenvalue weighted by molar-refractivity contribution is 0.188. The SMILES string of the molecule is CCC1Oc2ccccc2C1CNCCCOC. The molecule has 1 N–H and O–H groups in total. The van der Waals surface area contributed by atoms with E-state index in [1.54, 1.807) is 7.11 Å². The number of hydrogen-bond donors (Lipinski definition) is 1. The number of fused-ring (bicyclic) bond motifs is 1. The molecule has 3 heteroatoms. The molecular formula is C15H23NO2. The van der Waals surface area contributed by atoms with E-state index in [0.29, 0.717) is 12.0 Å². The van der Waals surface area contributed by atoms with Crippen LogP contribution >= 0.6 is 0 Å². The fourth-order valence-corrected chi connectivity index (χ4v) is 2.55. The second kappa shape index (κ2) is 6.76. The molecule has 3 nitrogen and oxygen atoms in total. The topological polar surface area (TPSA) is 30.5 Å². The average molecular weight is 249 g/mol.